The molecule has 3 aliphatic rings. The second-order valence-electron chi connectivity index (χ2n) is 12.2. The molecule has 234 valence electrons. The molecular formula is C35H43N3O6. The first-order valence-electron chi connectivity index (χ1n) is 15.7. The lowest BCUT2D eigenvalue weighted by molar-refractivity contribution is -0.188. The van der Waals surface area contributed by atoms with Gasteiger partial charge in [0.2, 0.25) is 0 Å². The first kappa shape index (κ1) is 30.8. The number of hydrogen-bond donors (Lipinski definition) is 1. The van der Waals surface area contributed by atoms with Crippen LogP contribution in [-0.2, 0) is 18.9 Å². The Kier molecular flexibility index (Phi) is 9.67. The molecule has 0 bridgehead atoms. The number of likely N-dealkylation sites (tertiary alicyclic amines) is 1. The summed E-state index contributed by atoms with van der Waals surface area (Å²) in [5.41, 5.74) is 3.09. The summed E-state index contributed by atoms with van der Waals surface area (Å²) in [6.45, 7) is 9.78. The molecule has 3 saturated heterocycles. The molecule has 0 aliphatic carbocycles. The SMILES string of the molecule is C[C@H](OC1CCCCO1)c1nccn1C(C#Cc1ccc(-c2ccc(OC3CN(C[C@H]4COC(C)(C)O4)C3)cc2)cc1)CO. The van der Waals surface area contributed by atoms with E-state index in [2.05, 4.69) is 46.0 Å². The molecule has 4 atom stereocenters. The van der Waals surface area contributed by atoms with Crippen molar-refractivity contribution in [1.82, 2.24) is 14.5 Å². The molecule has 3 aromatic rings. The quantitative estimate of drug-likeness (QED) is 0.327. The largest absolute Gasteiger partial charge is 0.488 e. The van der Waals surface area contributed by atoms with Crippen molar-refractivity contribution >= 4 is 0 Å². The van der Waals surface area contributed by atoms with Crippen LogP contribution >= 0.6 is 0 Å². The highest BCUT2D eigenvalue weighted by atomic mass is 16.7. The van der Waals surface area contributed by atoms with Crippen LogP contribution < -0.4 is 4.74 Å². The van der Waals surface area contributed by atoms with Crippen LogP contribution in [0.1, 0.15) is 63.6 Å². The zero-order chi connectivity index (χ0) is 30.5. The maximum atomic E-state index is 10.1. The Labute approximate surface area is 260 Å². The Balaban J connectivity index is 1.00. The Bertz CT molecular complexity index is 1420. The zero-order valence-corrected chi connectivity index (χ0v) is 25.9. The minimum Gasteiger partial charge on any atom is -0.488 e. The molecular weight excluding hydrogens is 558 g/mol. The average molecular weight is 602 g/mol. The van der Waals surface area contributed by atoms with Gasteiger partial charge in [-0.05, 0) is 75.4 Å². The van der Waals surface area contributed by atoms with Crippen molar-refractivity contribution in [2.45, 2.75) is 76.5 Å². The summed E-state index contributed by atoms with van der Waals surface area (Å²) in [6.07, 6.45) is 6.43. The lowest BCUT2D eigenvalue weighted by atomic mass is 10.0. The van der Waals surface area contributed by atoms with Gasteiger partial charge in [-0.1, -0.05) is 36.1 Å². The Hall–Kier alpha value is -3.23. The normalized spacial score (nSPS) is 23.4. The van der Waals surface area contributed by atoms with E-state index in [1.807, 2.05) is 55.8 Å². The number of benzene rings is 2. The summed E-state index contributed by atoms with van der Waals surface area (Å²) in [7, 11) is 0. The molecule has 44 heavy (non-hydrogen) atoms. The molecule has 2 unspecified atom stereocenters. The molecule has 0 spiro atoms. The number of rotatable bonds is 10. The third-order valence-corrected chi connectivity index (χ3v) is 8.28. The highest BCUT2D eigenvalue weighted by molar-refractivity contribution is 5.65. The number of aromatic nitrogens is 2. The van der Waals surface area contributed by atoms with Crippen molar-refractivity contribution in [3.63, 3.8) is 0 Å². The standard InChI is InChI=1S/C35H43N3O6/c1-25(42-33-6-4-5-19-40-33)34-36-17-18-38(34)29(23-39)14-9-26-7-10-27(11-8-26)28-12-15-30(16-13-28)43-31-20-37(21-31)22-32-24-41-35(2,3)44-32/h7-8,10-13,15-18,25,29,31-33,39H,4-6,19-24H2,1-3H3/t25-,29?,32-,33?/m0/s1. The summed E-state index contributed by atoms with van der Waals surface area (Å²) in [5.74, 6) is 7.56. The third-order valence-electron chi connectivity index (χ3n) is 8.28. The van der Waals surface area contributed by atoms with E-state index < -0.39 is 11.8 Å². The lowest BCUT2D eigenvalue weighted by Gasteiger charge is -2.40. The van der Waals surface area contributed by atoms with Crippen molar-refractivity contribution in [3.05, 3.63) is 72.3 Å². The van der Waals surface area contributed by atoms with Crippen molar-refractivity contribution in [2.75, 3.05) is 39.5 Å². The van der Waals surface area contributed by atoms with Crippen LogP contribution in [0.2, 0.25) is 0 Å². The maximum absolute atomic E-state index is 10.1. The second kappa shape index (κ2) is 13.8. The van der Waals surface area contributed by atoms with Crippen molar-refractivity contribution in [1.29, 1.82) is 0 Å². The molecule has 0 amide bonds. The van der Waals surface area contributed by atoms with Crippen LogP contribution in [0.4, 0.5) is 0 Å². The minimum absolute atomic E-state index is 0.124. The number of aliphatic hydroxyl groups is 1. The van der Waals surface area contributed by atoms with E-state index in [0.717, 1.165) is 73.8 Å². The van der Waals surface area contributed by atoms with Gasteiger partial charge in [-0.3, -0.25) is 4.90 Å². The van der Waals surface area contributed by atoms with E-state index in [-0.39, 0.29) is 31.2 Å². The van der Waals surface area contributed by atoms with Gasteiger partial charge in [-0.25, -0.2) is 4.98 Å². The highest BCUT2D eigenvalue weighted by Gasteiger charge is 2.37. The molecule has 3 aliphatic heterocycles. The molecule has 0 saturated carbocycles. The molecule has 4 heterocycles. The second-order valence-corrected chi connectivity index (χ2v) is 12.2. The minimum atomic E-state index is -0.478. The van der Waals surface area contributed by atoms with Crippen LogP contribution in [0.25, 0.3) is 11.1 Å². The summed E-state index contributed by atoms with van der Waals surface area (Å²) >= 11 is 0. The fourth-order valence-corrected chi connectivity index (χ4v) is 5.93. The predicted molar refractivity (Wildman–Crippen MR) is 166 cm³/mol. The fourth-order valence-electron chi connectivity index (χ4n) is 5.93. The van der Waals surface area contributed by atoms with Crippen molar-refractivity contribution in [3.8, 4) is 28.7 Å². The van der Waals surface area contributed by atoms with Gasteiger partial charge in [0.05, 0.1) is 19.3 Å². The van der Waals surface area contributed by atoms with E-state index in [1.54, 1.807) is 6.20 Å². The van der Waals surface area contributed by atoms with Gasteiger partial charge in [-0.15, -0.1) is 0 Å². The van der Waals surface area contributed by atoms with Gasteiger partial charge in [0.1, 0.15) is 29.8 Å². The topological polar surface area (TPSA) is 87.4 Å². The van der Waals surface area contributed by atoms with Gasteiger partial charge >= 0.3 is 0 Å². The van der Waals surface area contributed by atoms with Crippen LogP contribution in [0.5, 0.6) is 5.75 Å². The summed E-state index contributed by atoms with van der Waals surface area (Å²) in [4.78, 5) is 6.84. The number of nitrogens with zero attached hydrogens (tertiary/aromatic N) is 3. The van der Waals surface area contributed by atoms with Gasteiger partial charge in [0, 0.05) is 44.2 Å². The first-order chi connectivity index (χ1) is 21.3. The van der Waals surface area contributed by atoms with Gasteiger partial charge < -0.3 is 33.4 Å². The lowest BCUT2D eigenvalue weighted by Crippen LogP contribution is -2.56. The molecule has 1 aromatic heterocycles. The Morgan fingerprint density at radius 1 is 1.07 bits per heavy atom. The zero-order valence-electron chi connectivity index (χ0n) is 25.9. The average Bonchev–Trinajstić information content (AvgIpc) is 3.64. The first-order valence-corrected chi connectivity index (χ1v) is 15.7. The molecule has 2 aromatic carbocycles. The fraction of sp³-hybridized carbons (Fsp3) is 0.514. The third kappa shape index (κ3) is 7.70. The van der Waals surface area contributed by atoms with Crippen molar-refractivity contribution in [2.24, 2.45) is 0 Å². The molecule has 9 nitrogen and oxygen atoms in total. The number of aliphatic hydroxyl groups excluding tert-OH is 1. The van der Waals surface area contributed by atoms with Crippen LogP contribution in [0, 0.1) is 11.8 Å². The summed E-state index contributed by atoms with van der Waals surface area (Å²) in [5, 5.41) is 10.1. The highest BCUT2D eigenvalue weighted by Crippen LogP contribution is 2.28. The monoisotopic (exact) mass is 601 g/mol. The number of ether oxygens (including phenoxy) is 5. The molecule has 6 rings (SSSR count). The van der Waals surface area contributed by atoms with E-state index in [4.69, 9.17) is 23.7 Å². The van der Waals surface area contributed by atoms with Crippen LogP contribution in [0.3, 0.4) is 0 Å². The Morgan fingerprint density at radius 2 is 1.82 bits per heavy atom. The van der Waals surface area contributed by atoms with Crippen LogP contribution in [-0.4, -0.2) is 83.3 Å². The van der Waals surface area contributed by atoms with Gasteiger partial charge in [0.15, 0.2) is 12.1 Å². The summed E-state index contributed by atoms with van der Waals surface area (Å²) in [6, 6.07) is 15.9. The van der Waals surface area contributed by atoms with E-state index in [0.29, 0.717) is 6.61 Å². The number of imidazole rings is 1. The smallest absolute Gasteiger partial charge is 0.163 e. The summed E-state index contributed by atoms with van der Waals surface area (Å²) < 4.78 is 31.5. The van der Waals surface area contributed by atoms with E-state index in [9.17, 15) is 5.11 Å². The molecule has 0 radical (unpaired) electrons. The predicted octanol–water partition coefficient (Wildman–Crippen LogP) is 4.95. The van der Waals surface area contributed by atoms with Gasteiger partial charge in [-0.2, -0.15) is 0 Å². The van der Waals surface area contributed by atoms with Gasteiger partial charge in [0.25, 0.3) is 0 Å². The maximum Gasteiger partial charge on any atom is 0.163 e. The van der Waals surface area contributed by atoms with Crippen molar-refractivity contribution < 1.29 is 28.8 Å². The molecule has 1 N–H and O–H groups in total. The number of hydrogen-bond acceptors (Lipinski definition) is 8. The molecule has 3 fully saturated rings. The van der Waals surface area contributed by atoms with E-state index >= 15 is 0 Å². The Morgan fingerprint density at radius 3 is 2.48 bits per heavy atom. The van der Waals surface area contributed by atoms with E-state index in [1.165, 1.54) is 0 Å². The van der Waals surface area contributed by atoms with Crippen LogP contribution in [0.15, 0.2) is 60.9 Å². The molecule has 9 heteroatoms.